The van der Waals surface area contributed by atoms with E-state index in [1.54, 1.807) is 32.9 Å². The van der Waals surface area contributed by atoms with Crippen molar-refractivity contribution in [3.63, 3.8) is 0 Å². The maximum Gasteiger partial charge on any atom is 0.351 e. The molecule has 1 fully saturated rings. The number of aliphatic imine (C=N–C) groups is 1. The zero-order valence-electron chi connectivity index (χ0n) is 23.3. The summed E-state index contributed by atoms with van der Waals surface area (Å²) < 4.78 is 5.61. The summed E-state index contributed by atoms with van der Waals surface area (Å²) in [5.41, 5.74) is 2.17. The second-order valence-electron chi connectivity index (χ2n) is 11.3. The molecule has 1 aliphatic heterocycles. The number of nitriles is 1. The Hall–Kier alpha value is -3.92. The predicted molar refractivity (Wildman–Crippen MR) is 151 cm³/mol. The van der Waals surface area contributed by atoms with Gasteiger partial charge in [-0.05, 0) is 62.8 Å². The van der Waals surface area contributed by atoms with Crippen LogP contribution in [0.4, 0.5) is 0 Å². The number of amidine groups is 1. The minimum absolute atomic E-state index is 0.00366. The lowest BCUT2D eigenvalue weighted by molar-refractivity contribution is -0.149. The number of rotatable bonds is 8. The number of hydrogen-bond donors (Lipinski definition) is 1. The number of carboxylic acid groups (broad SMARTS) is 1. The van der Waals surface area contributed by atoms with Crippen molar-refractivity contribution < 1.29 is 19.4 Å². The Morgan fingerprint density at radius 3 is 2.36 bits per heavy atom. The first kappa shape index (κ1) is 28.1. The summed E-state index contributed by atoms with van der Waals surface area (Å²) >= 11 is 0. The first-order valence-corrected chi connectivity index (χ1v) is 13.7. The lowest BCUT2D eigenvalue weighted by atomic mass is 9.88. The number of nitrogens with zero attached hydrogens (tertiary/aromatic N) is 3. The molecule has 39 heavy (non-hydrogen) atoms. The number of carbonyl (C=O) groups excluding carboxylic acids is 1. The number of carboxylic acids is 1. The third kappa shape index (κ3) is 5.90. The number of carbonyl (C=O) groups is 2. The molecule has 204 valence electrons. The average Bonchev–Trinajstić information content (AvgIpc) is 3.49. The fourth-order valence-electron chi connectivity index (χ4n) is 5.61. The number of hydrogen-bond acceptors (Lipinski definition) is 6. The second kappa shape index (κ2) is 11.4. The number of aromatic carboxylic acids is 1. The van der Waals surface area contributed by atoms with E-state index < -0.39 is 23.1 Å². The Morgan fingerprint density at radius 1 is 1.10 bits per heavy atom. The summed E-state index contributed by atoms with van der Waals surface area (Å²) in [7, 11) is 0. The largest absolute Gasteiger partial charge is 0.478 e. The lowest BCUT2D eigenvalue weighted by Gasteiger charge is -2.38. The molecule has 2 aliphatic rings. The maximum absolute atomic E-state index is 13.1. The van der Waals surface area contributed by atoms with Gasteiger partial charge >= 0.3 is 11.9 Å². The molecule has 4 rings (SSSR count). The van der Waals surface area contributed by atoms with Crippen molar-refractivity contribution in [3.8, 4) is 17.2 Å². The molecule has 2 aromatic rings. The fourth-order valence-corrected chi connectivity index (χ4v) is 5.61. The van der Waals surface area contributed by atoms with Crippen LogP contribution in [-0.4, -0.2) is 38.9 Å². The smallest absolute Gasteiger partial charge is 0.351 e. The second-order valence-corrected chi connectivity index (χ2v) is 11.3. The van der Waals surface area contributed by atoms with Gasteiger partial charge in [0, 0.05) is 13.0 Å². The number of ether oxygens (including phenoxy) is 1. The van der Waals surface area contributed by atoms with Crippen LogP contribution in [0, 0.1) is 11.3 Å². The molecule has 0 saturated heterocycles. The molecule has 0 atom stereocenters. The number of benzene rings is 2. The SMILES string of the molecule is CCCCC1=N/C(=C(/C#N)C(=O)OC(C)(C)C)C2(CCCC2)N1Cc1ccc(-c2ccccc2C(=O)O)cc1. The van der Waals surface area contributed by atoms with Crippen molar-refractivity contribution in [3.05, 3.63) is 70.9 Å². The van der Waals surface area contributed by atoms with E-state index >= 15 is 0 Å². The van der Waals surface area contributed by atoms with Crippen molar-refractivity contribution in [2.24, 2.45) is 4.99 Å². The standard InChI is InChI=1S/C32H37N3O4/c1-5-6-13-27-34-28(26(20-33)30(38)39-31(2,3)4)32(18-9-10-19-32)35(27)21-22-14-16-23(17-15-22)24-11-7-8-12-25(24)29(36)37/h7-8,11-12,14-17H,5-6,9-10,13,18-19,21H2,1-4H3,(H,36,37)/b28-26-. The van der Waals surface area contributed by atoms with Gasteiger partial charge in [-0.2, -0.15) is 5.26 Å². The molecule has 1 saturated carbocycles. The summed E-state index contributed by atoms with van der Waals surface area (Å²) in [6, 6.07) is 17.1. The Morgan fingerprint density at radius 2 is 1.77 bits per heavy atom. The van der Waals surface area contributed by atoms with Crippen molar-refractivity contribution in [1.82, 2.24) is 4.90 Å². The number of esters is 1. The maximum atomic E-state index is 13.1. The quantitative estimate of drug-likeness (QED) is 0.228. The highest BCUT2D eigenvalue weighted by molar-refractivity contribution is 5.97. The highest BCUT2D eigenvalue weighted by Gasteiger charge is 2.50. The molecular weight excluding hydrogens is 490 g/mol. The molecule has 1 N–H and O–H groups in total. The third-order valence-corrected chi connectivity index (χ3v) is 7.41. The lowest BCUT2D eigenvalue weighted by Crippen LogP contribution is -2.46. The number of unbranched alkanes of at least 4 members (excludes halogenated alkanes) is 1. The van der Waals surface area contributed by atoms with E-state index in [-0.39, 0.29) is 11.1 Å². The van der Waals surface area contributed by atoms with Gasteiger partial charge in [0.2, 0.25) is 0 Å². The van der Waals surface area contributed by atoms with Crippen molar-refractivity contribution >= 4 is 17.8 Å². The van der Waals surface area contributed by atoms with E-state index in [0.717, 1.165) is 61.9 Å². The summed E-state index contributed by atoms with van der Waals surface area (Å²) in [5, 5.41) is 19.7. The molecular formula is C32H37N3O4. The first-order valence-electron chi connectivity index (χ1n) is 13.7. The van der Waals surface area contributed by atoms with Crippen LogP contribution in [0.25, 0.3) is 11.1 Å². The highest BCUT2D eigenvalue weighted by atomic mass is 16.6. The van der Waals surface area contributed by atoms with Gasteiger partial charge < -0.3 is 14.7 Å². The molecule has 0 unspecified atom stereocenters. The zero-order chi connectivity index (χ0) is 28.2. The van der Waals surface area contributed by atoms with E-state index in [0.29, 0.717) is 17.8 Å². The van der Waals surface area contributed by atoms with Crippen LogP contribution in [0.1, 0.15) is 88.6 Å². The Bertz CT molecular complexity index is 1340. The van der Waals surface area contributed by atoms with Crippen molar-refractivity contribution in [2.75, 3.05) is 0 Å². The van der Waals surface area contributed by atoms with Crippen molar-refractivity contribution in [1.29, 1.82) is 5.26 Å². The van der Waals surface area contributed by atoms with E-state index in [2.05, 4.69) is 17.9 Å². The van der Waals surface area contributed by atoms with Gasteiger partial charge in [-0.15, -0.1) is 0 Å². The summed E-state index contributed by atoms with van der Waals surface area (Å²) in [6.45, 7) is 8.11. The minimum Gasteiger partial charge on any atom is -0.478 e. The summed E-state index contributed by atoms with van der Waals surface area (Å²) in [5.74, 6) is -0.664. The van der Waals surface area contributed by atoms with E-state index in [9.17, 15) is 20.0 Å². The Kier molecular flexibility index (Phi) is 8.25. The average molecular weight is 528 g/mol. The van der Waals surface area contributed by atoms with E-state index in [1.807, 2.05) is 36.4 Å². The first-order chi connectivity index (χ1) is 18.6. The fraction of sp³-hybridized carbons (Fsp3) is 0.438. The monoisotopic (exact) mass is 527 g/mol. The molecule has 0 bridgehead atoms. The van der Waals surface area contributed by atoms with Crippen LogP contribution in [0.3, 0.4) is 0 Å². The van der Waals surface area contributed by atoms with Crippen LogP contribution in [0.2, 0.25) is 0 Å². The van der Waals surface area contributed by atoms with Gasteiger partial charge in [0.15, 0.2) is 5.57 Å². The van der Waals surface area contributed by atoms with Crippen molar-refractivity contribution in [2.45, 2.75) is 90.3 Å². The van der Waals surface area contributed by atoms with Crippen LogP contribution in [0.5, 0.6) is 0 Å². The molecule has 1 spiro atoms. The molecule has 7 nitrogen and oxygen atoms in total. The predicted octanol–water partition coefficient (Wildman–Crippen LogP) is 6.89. The summed E-state index contributed by atoms with van der Waals surface area (Å²) in [4.78, 5) is 32.1. The molecule has 0 aromatic heterocycles. The van der Waals surface area contributed by atoms with Gasteiger partial charge in [0.25, 0.3) is 0 Å². The molecule has 1 heterocycles. The van der Waals surface area contributed by atoms with Gasteiger partial charge in [-0.1, -0.05) is 68.7 Å². The molecule has 7 heteroatoms. The normalized spacial score (nSPS) is 17.6. The topological polar surface area (TPSA) is 103 Å². The Labute approximate surface area is 230 Å². The zero-order valence-corrected chi connectivity index (χ0v) is 23.3. The third-order valence-electron chi connectivity index (χ3n) is 7.41. The molecule has 0 radical (unpaired) electrons. The molecule has 0 amide bonds. The van der Waals surface area contributed by atoms with Gasteiger partial charge in [-0.3, -0.25) is 0 Å². The van der Waals surface area contributed by atoms with Crippen LogP contribution < -0.4 is 0 Å². The Balaban J connectivity index is 1.72. The molecule has 2 aromatic carbocycles. The minimum atomic E-state index is -0.954. The van der Waals surface area contributed by atoms with Gasteiger partial charge in [0.1, 0.15) is 17.5 Å². The van der Waals surface area contributed by atoms with E-state index in [1.165, 1.54) is 0 Å². The van der Waals surface area contributed by atoms with Gasteiger partial charge in [0.05, 0.1) is 16.8 Å². The highest BCUT2D eigenvalue weighted by Crippen LogP contribution is 2.48. The van der Waals surface area contributed by atoms with E-state index in [4.69, 9.17) is 9.73 Å². The van der Waals surface area contributed by atoms with Crippen LogP contribution in [0.15, 0.2) is 64.8 Å². The van der Waals surface area contributed by atoms with Crippen LogP contribution in [-0.2, 0) is 16.1 Å². The van der Waals surface area contributed by atoms with Gasteiger partial charge in [-0.25, -0.2) is 14.6 Å². The van der Waals surface area contributed by atoms with Crippen LogP contribution >= 0.6 is 0 Å². The summed E-state index contributed by atoms with van der Waals surface area (Å²) in [6.07, 6.45) is 6.35. The molecule has 1 aliphatic carbocycles.